The largest absolute Gasteiger partial charge is 0.370 e. The van der Waals surface area contributed by atoms with Crippen LogP contribution in [0.4, 0.5) is 5.82 Å². The number of rotatable bonds is 6. The number of hydrogen-bond donors (Lipinski definition) is 1. The molecule has 1 N–H and O–H groups in total. The number of aromatic nitrogens is 2. The molecule has 2 aliphatic rings. The van der Waals surface area contributed by atoms with Crippen LogP contribution in [0.3, 0.4) is 0 Å². The minimum Gasteiger partial charge on any atom is -0.370 e. The first-order chi connectivity index (χ1) is 12.3. The van der Waals surface area contributed by atoms with Crippen molar-refractivity contribution in [3.8, 4) is 0 Å². The Bertz CT molecular complexity index is 638. The van der Waals surface area contributed by atoms with Crippen LogP contribution in [0.15, 0.2) is 24.0 Å². The van der Waals surface area contributed by atoms with E-state index in [2.05, 4.69) is 21.4 Å². The van der Waals surface area contributed by atoms with Crippen LogP contribution >= 0.6 is 0 Å². The predicted molar refractivity (Wildman–Crippen MR) is 95.2 cm³/mol. The Labute approximate surface area is 148 Å². The highest BCUT2D eigenvalue weighted by Gasteiger charge is 2.22. The van der Waals surface area contributed by atoms with E-state index in [0.717, 1.165) is 19.4 Å². The summed E-state index contributed by atoms with van der Waals surface area (Å²) in [6.45, 7) is 3.03. The van der Waals surface area contributed by atoms with Gasteiger partial charge in [-0.25, -0.2) is 9.97 Å². The summed E-state index contributed by atoms with van der Waals surface area (Å²) in [7, 11) is 0. The minimum atomic E-state index is -0.106. The Balaban J connectivity index is 1.53. The van der Waals surface area contributed by atoms with Gasteiger partial charge in [-0.1, -0.05) is 11.6 Å². The third kappa shape index (κ3) is 4.78. The fraction of sp³-hybridized carbons (Fsp3) is 0.556. The Kier molecular flexibility index (Phi) is 5.98. The van der Waals surface area contributed by atoms with Gasteiger partial charge in [-0.3, -0.25) is 9.59 Å². The SMILES string of the molecule is O=CN1CCN(C(=O)c2cc(NCCC3=CCCCC3)ncn2)CC1. The van der Waals surface area contributed by atoms with Crippen molar-refractivity contribution in [1.82, 2.24) is 19.8 Å². The number of piperazine rings is 1. The fourth-order valence-electron chi connectivity index (χ4n) is 3.25. The van der Waals surface area contributed by atoms with Crippen molar-refractivity contribution in [3.05, 3.63) is 29.7 Å². The van der Waals surface area contributed by atoms with Crippen molar-refractivity contribution >= 4 is 18.1 Å². The zero-order valence-corrected chi connectivity index (χ0v) is 14.5. The molecule has 1 aliphatic heterocycles. The first kappa shape index (κ1) is 17.4. The maximum absolute atomic E-state index is 12.6. The lowest BCUT2D eigenvalue weighted by molar-refractivity contribution is -0.119. The first-order valence-corrected chi connectivity index (χ1v) is 8.99. The molecule has 2 amide bonds. The van der Waals surface area contributed by atoms with E-state index in [0.29, 0.717) is 37.7 Å². The summed E-state index contributed by atoms with van der Waals surface area (Å²) in [5, 5.41) is 3.29. The van der Waals surface area contributed by atoms with E-state index >= 15 is 0 Å². The lowest BCUT2D eigenvalue weighted by Crippen LogP contribution is -2.48. The maximum Gasteiger partial charge on any atom is 0.272 e. The Morgan fingerprint density at radius 3 is 2.76 bits per heavy atom. The number of allylic oxidation sites excluding steroid dienone is 1. The van der Waals surface area contributed by atoms with Crippen molar-refractivity contribution < 1.29 is 9.59 Å². The van der Waals surface area contributed by atoms with Crippen LogP contribution in [0.5, 0.6) is 0 Å². The summed E-state index contributed by atoms with van der Waals surface area (Å²) in [5.74, 6) is 0.576. The van der Waals surface area contributed by atoms with E-state index in [1.807, 2.05) is 0 Å². The van der Waals surface area contributed by atoms with Gasteiger partial charge in [-0.15, -0.1) is 0 Å². The first-order valence-electron chi connectivity index (χ1n) is 8.99. The van der Waals surface area contributed by atoms with Gasteiger partial charge in [0.25, 0.3) is 5.91 Å². The molecule has 3 rings (SSSR count). The second kappa shape index (κ2) is 8.60. The van der Waals surface area contributed by atoms with Crippen molar-refractivity contribution in [3.63, 3.8) is 0 Å². The molecule has 25 heavy (non-hydrogen) atoms. The lowest BCUT2D eigenvalue weighted by atomic mass is 9.97. The third-order valence-corrected chi connectivity index (χ3v) is 4.77. The summed E-state index contributed by atoms with van der Waals surface area (Å²) >= 11 is 0. The number of carbonyl (C=O) groups is 2. The Morgan fingerprint density at radius 1 is 1.20 bits per heavy atom. The average molecular weight is 343 g/mol. The van der Waals surface area contributed by atoms with Gasteiger partial charge in [0.15, 0.2) is 0 Å². The molecule has 1 fully saturated rings. The van der Waals surface area contributed by atoms with Crippen molar-refractivity contribution in [1.29, 1.82) is 0 Å². The van der Waals surface area contributed by atoms with Crippen molar-refractivity contribution in [2.24, 2.45) is 0 Å². The summed E-state index contributed by atoms with van der Waals surface area (Å²) in [5.41, 5.74) is 1.91. The molecule has 0 radical (unpaired) electrons. The van der Waals surface area contributed by atoms with Gasteiger partial charge in [-0.05, 0) is 32.1 Å². The van der Waals surface area contributed by atoms with Crippen molar-refractivity contribution in [2.45, 2.75) is 32.1 Å². The minimum absolute atomic E-state index is 0.106. The average Bonchev–Trinajstić information content (AvgIpc) is 2.68. The molecule has 0 spiro atoms. The molecule has 1 aliphatic carbocycles. The van der Waals surface area contributed by atoms with Crippen LogP contribution in [0.2, 0.25) is 0 Å². The van der Waals surface area contributed by atoms with Crippen LogP contribution in [-0.4, -0.2) is 64.8 Å². The molecule has 1 aromatic heterocycles. The maximum atomic E-state index is 12.6. The molecule has 0 aromatic carbocycles. The quantitative estimate of drug-likeness (QED) is 0.628. The summed E-state index contributed by atoms with van der Waals surface area (Å²) < 4.78 is 0. The van der Waals surface area contributed by atoms with E-state index in [4.69, 9.17) is 0 Å². The highest BCUT2D eigenvalue weighted by molar-refractivity contribution is 5.93. The van der Waals surface area contributed by atoms with E-state index in [1.54, 1.807) is 15.9 Å². The predicted octanol–water partition coefficient (Wildman–Crippen LogP) is 1.69. The van der Waals surface area contributed by atoms with Gasteiger partial charge in [-0.2, -0.15) is 0 Å². The summed E-state index contributed by atoms with van der Waals surface area (Å²) in [6, 6.07) is 1.71. The normalized spacial score (nSPS) is 17.8. The molecule has 134 valence electrons. The highest BCUT2D eigenvalue weighted by Crippen LogP contribution is 2.20. The Hall–Kier alpha value is -2.44. The van der Waals surface area contributed by atoms with Gasteiger partial charge < -0.3 is 15.1 Å². The molecule has 0 unspecified atom stereocenters. The van der Waals surface area contributed by atoms with E-state index < -0.39 is 0 Å². The lowest BCUT2D eigenvalue weighted by Gasteiger charge is -2.32. The van der Waals surface area contributed by atoms with E-state index in [1.165, 1.54) is 37.6 Å². The number of hydrogen-bond acceptors (Lipinski definition) is 5. The number of amides is 2. The van der Waals surface area contributed by atoms with Crippen LogP contribution < -0.4 is 5.32 Å². The molecule has 0 bridgehead atoms. The van der Waals surface area contributed by atoms with Gasteiger partial charge >= 0.3 is 0 Å². The number of nitrogens with zero attached hydrogens (tertiary/aromatic N) is 4. The number of carbonyl (C=O) groups excluding carboxylic acids is 2. The van der Waals surface area contributed by atoms with Crippen LogP contribution in [0, 0.1) is 0 Å². The van der Waals surface area contributed by atoms with Crippen LogP contribution in [-0.2, 0) is 4.79 Å². The highest BCUT2D eigenvalue weighted by atomic mass is 16.2. The molecule has 7 heteroatoms. The molecule has 1 saturated heterocycles. The monoisotopic (exact) mass is 343 g/mol. The third-order valence-electron chi connectivity index (χ3n) is 4.77. The number of nitrogens with one attached hydrogen (secondary N) is 1. The second-order valence-corrected chi connectivity index (χ2v) is 6.51. The van der Waals surface area contributed by atoms with Crippen LogP contribution in [0.25, 0.3) is 0 Å². The van der Waals surface area contributed by atoms with E-state index in [9.17, 15) is 9.59 Å². The molecule has 0 saturated carbocycles. The summed E-state index contributed by atoms with van der Waals surface area (Å²) in [6.07, 6.45) is 10.6. The fourth-order valence-corrected chi connectivity index (χ4v) is 3.25. The molecule has 2 heterocycles. The van der Waals surface area contributed by atoms with Crippen LogP contribution in [0.1, 0.15) is 42.6 Å². The van der Waals surface area contributed by atoms with Gasteiger partial charge in [0, 0.05) is 38.8 Å². The standard InChI is InChI=1S/C18H25N5O2/c24-14-22-8-10-23(11-9-22)18(25)16-12-17(21-13-20-16)19-7-6-15-4-2-1-3-5-15/h4,12-14H,1-3,5-11H2,(H,19,20,21). The Morgan fingerprint density at radius 2 is 2.04 bits per heavy atom. The topological polar surface area (TPSA) is 78.4 Å². The molecular formula is C18H25N5O2. The smallest absolute Gasteiger partial charge is 0.272 e. The van der Waals surface area contributed by atoms with Crippen molar-refractivity contribution in [2.75, 3.05) is 38.0 Å². The number of anilines is 1. The van der Waals surface area contributed by atoms with E-state index in [-0.39, 0.29) is 5.91 Å². The molecule has 1 aromatic rings. The molecular weight excluding hydrogens is 318 g/mol. The van der Waals surface area contributed by atoms with Gasteiger partial charge in [0.1, 0.15) is 17.8 Å². The van der Waals surface area contributed by atoms with Gasteiger partial charge in [0.05, 0.1) is 0 Å². The zero-order valence-electron chi connectivity index (χ0n) is 14.5. The molecule has 0 atom stereocenters. The van der Waals surface area contributed by atoms with Gasteiger partial charge in [0.2, 0.25) is 6.41 Å². The summed E-state index contributed by atoms with van der Waals surface area (Å²) in [4.78, 5) is 35.1. The molecule has 7 nitrogen and oxygen atoms in total. The zero-order chi connectivity index (χ0) is 17.5. The second-order valence-electron chi connectivity index (χ2n) is 6.51.